The predicted molar refractivity (Wildman–Crippen MR) is 120 cm³/mol. The van der Waals surface area contributed by atoms with Gasteiger partial charge in [0.2, 0.25) is 5.91 Å². The Bertz CT molecular complexity index is 1050. The van der Waals surface area contributed by atoms with Crippen molar-refractivity contribution < 1.29 is 9.53 Å². The zero-order valence-electron chi connectivity index (χ0n) is 15.6. The molecule has 0 saturated heterocycles. The zero-order chi connectivity index (χ0) is 21.0. The first-order valence-corrected chi connectivity index (χ1v) is 11.0. The van der Waals surface area contributed by atoms with Crippen LogP contribution in [0.2, 0.25) is 10.0 Å². The first kappa shape index (κ1) is 22.0. The number of aryl methyl sites for hydroxylation is 1. The minimum atomic E-state index is -0.184. The smallest absolute Gasteiger partial charge is 0.234 e. The van der Waals surface area contributed by atoms with Gasteiger partial charge in [-0.05, 0) is 48.9 Å². The molecule has 3 rings (SSSR count). The van der Waals surface area contributed by atoms with Crippen LogP contribution in [0.3, 0.4) is 0 Å². The maximum Gasteiger partial charge on any atom is 0.234 e. The van der Waals surface area contributed by atoms with Gasteiger partial charge in [-0.1, -0.05) is 50.9 Å². The van der Waals surface area contributed by atoms with Crippen LogP contribution in [-0.4, -0.2) is 26.4 Å². The summed E-state index contributed by atoms with van der Waals surface area (Å²) in [6, 6.07) is 10.7. The summed E-state index contributed by atoms with van der Waals surface area (Å²) in [5.41, 5.74) is 1.50. The maximum atomic E-state index is 12.2. The quantitative estimate of drug-likeness (QED) is 0.420. The van der Waals surface area contributed by atoms with Crippen molar-refractivity contribution in [3.05, 3.63) is 62.3 Å². The van der Waals surface area contributed by atoms with Crippen LogP contribution in [0.15, 0.2) is 46.0 Å². The summed E-state index contributed by atoms with van der Waals surface area (Å²) in [6.45, 7) is 2.17. The van der Waals surface area contributed by atoms with Gasteiger partial charge < -0.3 is 14.6 Å². The Morgan fingerprint density at radius 3 is 2.72 bits per heavy atom. The van der Waals surface area contributed by atoms with E-state index in [0.717, 1.165) is 10.0 Å². The maximum absolute atomic E-state index is 12.2. The van der Waals surface area contributed by atoms with Crippen LogP contribution >= 0.6 is 50.9 Å². The first-order valence-electron chi connectivity index (χ1n) is 8.48. The molecule has 6 nitrogen and oxygen atoms in total. The Morgan fingerprint density at radius 2 is 2.00 bits per heavy atom. The number of nitrogens with one attached hydrogen (secondary N) is 1. The molecule has 0 atom stereocenters. The van der Waals surface area contributed by atoms with Gasteiger partial charge in [0.05, 0.1) is 16.5 Å². The summed E-state index contributed by atoms with van der Waals surface area (Å²) in [4.78, 5) is 12.2. The summed E-state index contributed by atoms with van der Waals surface area (Å²) < 4.78 is 8.40. The van der Waals surface area contributed by atoms with Crippen molar-refractivity contribution in [2.45, 2.75) is 18.7 Å². The molecule has 0 spiro atoms. The number of anilines is 1. The number of hydrogen-bond donors (Lipinski definition) is 1. The molecule has 0 aliphatic rings. The third-order valence-electron chi connectivity index (χ3n) is 3.96. The number of aromatic nitrogens is 3. The highest BCUT2D eigenvalue weighted by atomic mass is 79.9. The number of ether oxygens (including phenoxy) is 1. The van der Waals surface area contributed by atoms with Crippen LogP contribution in [0.4, 0.5) is 5.69 Å². The predicted octanol–water partition coefficient (Wildman–Crippen LogP) is 5.50. The molecule has 152 valence electrons. The number of thioether (sulfide) groups is 1. The van der Waals surface area contributed by atoms with Crippen molar-refractivity contribution in [2.24, 2.45) is 7.05 Å². The van der Waals surface area contributed by atoms with E-state index in [1.165, 1.54) is 11.8 Å². The van der Waals surface area contributed by atoms with Crippen LogP contribution in [0.1, 0.15) is 11.4 Å². The van der Waals surface area contributed by atoms with Gasteiger partial charge in [0.25, 0.3) is 0 Å². The van der Waals surface area contributed by atoms with Crippen molar-refractivity contribution in [1.29, 1.82) is 0 Å². The third kappa shape index (κ3) is 5.88. The Balaban J connectivity index is 1.55. The normalized spacial score (nSPS) is 10.8. The summed E-state index contributed by atoms with van der Waals surface area (Å²) in [7, 11) is 1.83. The highest BCUT2D eigenvalue weighted by Gasteiger charge is 2.13. The molecule has 3 aromatic rings. The van der Waals surface area contributed by atoms with Crippen LogP contribution in [0, 0.1) is 6.92 Å². The molecule has 0 aliphatic carbocycles. The van der Waals surface area contributed by atoms with Gasteiger partial charge in [-0.3, -0.25) is 4.79 Å². The minimum absolute atomic E-state index is 0.176. The fourth-order valence-electron chi connectivity index (χ4n) is 2.36. The van der Waals surface area contributed by atoms with E-state index in [0.29, 0.717) is 32.5 Å². The third-order valence-corrected chi connectivity index (χ3v) is 6.21. The molecular weight excluding hydrogens is 499 g/mol. The van der Waals surface area contributed by atoms with Gasteiger partial charge in [-0.25, -0.2) is 0 Å². The highest BCUT2D eigenvalue weighted by Crippen LogP contribution is 2.26. The van der Waals surface area contributed by atoms with Crippen molar-refractivity contribution >= 4 is 62.5 Å². The average molecular weight is 516 g/mol. The summed E-state index contributed by atoms with van der Waals surface area (Å²) in [6.07, 6.45) is 0. The molecule has 0 saturated carbocycles. The van der Waals surface area contributed by atoms with Crippen molar-refractivity contribution in [2.75, 3.05) is 11.1 Å². The monoisotopic (exact) mass is 514 g/mol. The van der Waals surface area contributed by atoms with Crippen LogP contribution in [-0.2, 0) is 18.4 Å². The van der Waals surface area contributed by atoms with E-state index < -0.39 is 0 Å². The standard InChI is InChI=1S/C19H17BrCl2N4O2S/c1-11-7-13(4-5-14(11)21)28-9-17-24-25-19(26(17)2)29-10-18(27)23-16-6-3-12(20)8-15(16)22/h3-8H,9-10H2,1-2H3,(H,23,27). The van der Waals surface area contributed by atoms with Gasteiger partial charge >= 0.3 is 0 Å². The van der Waals surface area contributed by atoms with Gasteiger partial charge in [0.15, 0.2) is 11.0 Å². The molecule has 0 radical (unpaired) electrons. The second-order valence-corrected chi connectivity index (χ2v) is 8.79. The number of carbonyl (C=O) groups is 1. The average Bonchev–Trinajstić information content (AvgIpc) is 3.03. The number of nitrogens with zero attached hydrogens (tertiary/aromatic N) is 3. The van der Waals surface area contributed by atoms with Crippen molar-refractivity contribution in [3.8, 4) is 5.75 Å². The molecule has 1 N–H and O–H groups in total. The number of amides is 1. The van der Waals surface area contributed by atoms with Gasteiger partial charge in [0, 0.05) is 16.5 Å². The molecule has 0 fully saturated rings. The fraction of sp³-hybridized carbons (Fsp3) is 0.211. The number of halogens is 3. The topological polar surface area (TPSA) is 69.0 Å². The first-order chi connectivity index (χ1) is 13.8. The molecule has 0 aliphatic heterocycles. The summed E-state index contributed by atoms with van der Waals surface area (Å²) in [5.74, 6) is 1.35. The van der Waals surface area contributed by atoms with Crippen LogP contribution in [0.5, 0.6) is 5.75 Å². The lowest BCUT2D eigenvalue weighted by atomic mass is 10.2. The fourth-order valence-corrected chi connectivity index (χ4v) is 3.93. The second kappa shape index (κ2) is 9.84. The second-order valence-electron chi connectivity index (χ2n) is 6.12. The number of hydrogen-bond acceptors (Lipinski definition) is 5. The molecule has 10 heteroatoms. The van der Waals surface area contributed by atoms with E-state index >= 15 is 0 Å². The molecule has 0 unspecified atom stereocenters. The Morgan fingerprint density at radius 1 is 1.21 bits per heavy atom. The molecule has 1 amide bonds. The number of benzene rings is 2. The molecule has 1 heterocycles. The van der Waals surface area contributed by atoms with E-state index in [2.05, 4.69) is 31.4 Å². The van der Waals surface area contributed by atoms with E-state index in [9.17, 15) is 4.79 Å². The number of carbonyl (C=O) groups excluding carboxylic acids is 1. The van der Waals surface area contributed by atoms with Crippen molar-refractivity contribution in [3.63, 3.8) is 0 Å². The van der Waals surface area contributed by atoms with E-state index in [4.69, 9.17) is 27.9 Å². The zero-order valence-corrected chi connectivity index (χ0v) is 19.5. The molecule has 0 bridgehead atoms. The summed E-state index contributed by atoms with van der Waals surface area (Å²) >= 11 is 16.8. The Labute approximate surface area is 191 Å². The van der Waals surface area contributed by atoms with E-state index in [1.54, 1.807) is 28.8 Å². The van der Waals surface area contributed by atoms with Gasteiger partial charge in [-0.2, -0.15) is 0 Å². The van der Waals surface area contributed by atoms with E-state index in [-0.39, 0.29) is 18.3 Å². The summed E-state index contributed by atoms with van der Waals surface area (Å²) in [5, 5.41) is 12.8. The lowest BCUT2D eigenvalue weighted by molar-refractivity contribution is -0.113. The molecule has 29 heavy (non-hydrogen) atoms. The molecule has 1 aromatic heterocycles. The molecule has 2 aromatic carbocycles. The van der Waals surface area contributed by atoms with Gasteiger partial charge in [0.1, 0.15) is 12.4 Å². The van der Waals surface area contributed by atoms with Crippen LogP contribution in [0.25, 0.3) is 0 Å². The van der Waals surface area contributed by atoms with Crippen molar-refractivity contribution in [1.82, 2.24) is 14.8 Å². The Hall–Kier alpha value is -1.74. The van der Waals surface area contributed by atoms with Gasteiger partial charge in [-0.15, -0.1) is 10.2 Å². The lowest BCUT2D eigenvalue weighted by Crippen LogP contribution is -2.15. The number of rotatable bonds is 7. The minimum Gasteiger partial charge on any atom is -0.486 e. The highest BCUT2D eigenvalue weighted by molar-refractivity contribution is 9.10. The molecular formula is C19H17BrCl2N4O2S. The van der Waals surface area contributed by atoms with Crippen LogP contribution < -0.4 is 10.1 Å². The largest absolute Gasteiger partial charge is 0.486 e. The van der Waals surface area contributed by atoms with E-state index in [1.807, 2.05) is 26.1 Å². The Kier molecular flexibility index (Phi) is 7.45. The SMILES string of the molecule is Cc1cc(OCc2nnc(SCC(=O)Nc3ccc(Br)cc3Cl)n2C)ccc1Cl. The lowest BCUT2D eigenvalue weighted by Gasteiger charge is -2.08.